The van der Waals surface area contributed by atoms with E-state index in [2.05, 4.69) is 4.98 Å². The fourth-order valence-corrected chi connectivity index (χ4v) is 2.23. The molecule has 1 heterocycles. The van der Waals surface area contributed by atoms with Gasteiger partial charge in [-0.2, -0.15) is 0 Å². The number of carbonyl (C=O) groups excluding carboxylic acids is 1. The number of nitrogens with zero attached hydrogens (tertiary/aromatic N) is 1. The number of anilines is 1. The molecule has 0 aliphatic rings. The van der Waals surface area contributed by atoms with Crippen molar-refractivity contribution >= 4 is 33.3 Å². The summed E-state index contributed by atoms with van der Waals surface area (Å²) in [4.78, 5) is 16.0. The summed E-state index contributed by atoms with van der Waals surface area (Å²) in [7, 11) is 1.33. The van der Waals surface area contributed by atoms with Gasteiger partial charge in [-0.25, -0.2) is 4.79 Å². The van der Waals surface area contributed by atoms with Crippen LogP contribution in [0.25, 0.3) is 21.7 Å². The number of ether oxygens (including phenoxy) is 1. The average molecular weight is 252 g/mol. The number of pyridine rings is 1. The van der Waals surface area contributed by atoms with E-state index >= 15 is 0 Å². The molecular formula is C15H12N2O2. The van der Waals surface area contributed by atoms with Gasteiger partial charge in [0.25, 0.3) is 0 Å². The molecule has 2 N–H and O–H groups in total. The van der Waals surface area contributed by atoms with Crippen molar-refractivity contribution in [3.63, 3.8) is 0 Å². The van der Waals surface area contributed by atoms with Crippen molar-refractivity contribution in [2.75, 3.05) is 12.8 Å². The molecule has 0 atom stereocenters. The van der Waals surface area contributed by atoms with Gasteiger partial charge >= 0.3 is 5.97 Å². The average Bonchev–Trinajstić information content (AvgIpc) is 2.46. The number of hydrogen-bond acceptors (Lipinski definition) is 4. The van der Waals surface area contributed by atoms with Crippen LogP contribution in [0.2, 0.25) is 0 Å². The van der Waals surface area contributed by atoms with Gasteiger partial charge in [-0.05, 0) is 5.39 Å². The summed E-state index contributed by atoms with van der Waals surface area (Å²) in [6.07, 6.45) is 1.47. The fourth-order valence-electron chi connectivity index (χ4n) is 2.23. The van der Waals surface area contributed by atoms with Crippen molar-refractivity contribution in [2.24, 2.45) is 0 Å². The predicted molar refractivity (Wildman–Crippen MR) is 75.0 cm³/mol. The van der Waals surface area contributed by atoms with E-state index in [1.165, 1.54) is 13.3 Å². The Hall–Kier alpha value is -2.62. The second-order valence-electron chi connectivity index (χ2n) is 4.26. The number of benzene rings is 2. The van der Waals surface area contributed by atoms with E-state index in [9.17, 15) is 4.79 Å². The molecule has 0 aliphatic heterocycles. The quantitative estimate of drug-likeness (QED) is 0.534. The van der Waals surface area contributed by atoms with E-state index < -0.39 is 5.97 Å². The minimum Gasteiger partial charge on any atom is -0.465 e. The zero-order chi connectivity index (χ0) is 13.4. The van der Waals surface area contributed by atoms with Crippen LogP contribution in [-0.2, 0) is 4.74 Å². The number of fused-ring (bicyclic) bond motifs is 3. The molecule has 0 radical (unpaired) electrons. The Balaban J connectivity index is 2.39. The maximum Gasteiger partial charge on any atom is 0.341 e. The topological polar surface area (TPSA) is 65.2 Å². The lowest BCUT2D eigenvalue weighted by molar-refractivity contribution is 0.0601. The zero-order valence-electron chi connectivity index (χ0n) is 10.4. The van der Waals surface area contributed by atoms with Gasteiger partial charge < -0.3 is 10.5 Å². The van der Waals surface area contributed by atoms with E-state index in [0.717, 1.165) is 21.7 Å². The third-order valence-corrected chi connectivity index (χ3v) is 3.21. The fraction of sp³-hybridized carbons (Fsp3) is 0.0667. The molecule has 0 saturated carbocycles. The molecule has 4 nitrogen and oxygen atoms in total. The van der Waals surface area contributed by atoms with Crippen LogP contribution in [-0.4, -0.2) is 18.1 Å². The smallest absolute Gasteiger partial charge is 0.341 e. The Morgan fingerprint density at radius 1 is 1.16 bits per heavy atom. The molecule has 2 aromatic carbocycles. The Morgan fingerprint density at radius 2 is 1.95 bits per heavy atom. The molecule has 3 aromatic rings. The molecule has 0 unspecified atom stereocenters. The molecule has 0 bridgehead atoms. The zero-order valence-corrected chi connectivity index (χ0v) is 10.4. The second kappa shape index (κ2) is 4.24. The minimum atomic E-state index is -0.472. The molecule has 94 valence electrons. The van der Waals surface area contributed by atoms with Crippen molar-refractivity contribution in [1.82, 2.24) is 4.98 Å². The van der Waals surface area contributed by atoms with Crippen molar-refractivity contribution in [3.8, 4) is 0 Å². The summed E-state index contributed by atoms with van der Waals surface area (Å²) in [5.74, 6) is -0.472. The van der Waals surface area contributed by atoms with Gasteiger partial charge in [0.15, 0.2) is 0 Å². The minimum absolute atomic E-state index is 0.297. The van der Waals surface area contributed by atoms with Crippen LogP contribution < -0.4 is 5.73 Å². The van der Waals surface area contributed by atoms with Crippen molar-refractivity contribution in [2.45, 2.75) is 0 Å². The molecule has 4 heteroatoms. The van der Waals surface area contributed by atoms with E-state index in [0.29, 0.717) is 11.3 Å². The number of aromatic nitrogens is 1. The van der Waals surface area contributed by atoms with Crippen LogP contribution in [0.4, 0.5) is 5.69 Å². The van der Waals surface area contributed by atoms with Gasteiger partial charge in [-0.3, -0.25) is 4.98 Å². The lowest BCUT2D eigenvalue weighted by Gasteiger charge is -2.08. The first-order valence-corrected chi connectivity index (χ1v) is 5.86. The number of rotatable bonds is 1. The number of carbonyl (C=O) groups is 1. The maximum atomic E-state index is 11.6. The Kier molecular flexibility index (Phi) is 2.56. The lowest BCUT2D eigenvalue weighted by Crippen LogP contribution is -2.07. The summed E-state index contributed by atoms with van der Waals surface area (Å²) in [5.41, 5.74) is 7.54. The predicted octanol–water partition coefficient (Wildman–Crippen LogP) is 2.76. The van der Waals surface area contributed by atoms with Gasteiger partial charge in [0, 0.05) is 17.0 Å². The van der Waals surface area contributed by atoms with Crippen LogP contribution in [0.5, 0.6) is 0 Å². The Labute approximate surface area is 109 Å². The molecule has 0 saturated heterocycles. The third-order valence-electron chi connectivity index (χ3n) is 3.21. The van der Waals surface area contributed by atoms with Crippen LogP contribution in [0, 0.1) is 0 Å². The molecule has 3 rings (SSSR count). The van der Waals surface area contributed by atoms with Crippen LogP contribution in [0.15, 0.2) is 42.6 Å². The highest BCUT2D eigenvalue weighted by molar-refractivity contribution is 6.12. The summed E-state index contributed by atoms with van der Waals surface area (Å²) < 4.78 is 4.69. The van der Waals surface area contributed by atoms with Gasteiger partial charge in [-0.15, -0.1) is 0 Å². The summed E-state index contributed by atoms with van der Waals surface area (Å²) in [6.45, 7) is 0. The summed E-state index contributed by atoms with van der Waals surface area (Å²) in [6, 6.07) is 11.8. The van der Waals surface area contributed by atoms with Gasteiger partial charge in [0.2, 0.25) is 0 Å². The number of esters is 1. The first kappa shape index (κ1) is 11.5. The highest BCUT2D eigenvalue weighted by Crippen LogP contribution is 2.29. The van der Waals surface area contributed by atoms with Gasteiger partial charge in [0.05, 0.1) is 18.3 Å². The van der Waals surface area contributed by atoms with Crippen molar-refractivity contribution in [3.05, 3.63) is 48.2 Å². The number of hydrogen-bond donors (Lipinski definition) is 1. The standard InChI is InChI=1S/C15H12N2O2/c1-19-15(18)12-8-17-14-10-5-3-2-4-9(10)6-7-11(14)13(12)16/h2-8H,1H3,(H2,16,17). The SMILES string of the molecule is COC(=O)c1cnc2c(ccc3ccccc32)c1N. The lowest BCUT2D eigenvalue weighted by atomic mass is 10.0. The molecule has 0 fully saturated rings. The number of nitrogens with two attached hydrogens (primary N) is 1. The number of methoxy groups -OCH3 is 1. The second-order valence-corrected chi connectivity index (χ2v) is 4.26. The van der Waals surface area contributed by atoms with E-state index in [1.807, 2.05) is 36.4 Å². The van der Waals surface area contributed by atoms with Crippen LogP contribution in [0.1, 0.15) is 10.4 Å². The third kappa shape index (κ3) is 1.69. The molecule has 19 heavy (non-hydrogen) atoms. The van der Waals surface area contributed by atoms with E-state index in [4.69, 9.17) is 10.5 Å². The van der Waals surface area contributed by atoms with Crippen LogP contribution in [0.3, 0.4) is 0 Å². The molecular weight excluding hydrogens is 240 g/mol. The largest absolute Gasteiger partial charge is 0.465 e. The summed E-state index contributed by atoms with van der Waals surface area (Å²) in [5, 5.41) is 2.87. The molecule has 0 amide bonds. The first-order chi connectivity index (χ1) is 9.22. The highest BCUT2D eigenvalue weighted by atomic mass is 16.5. The van der Waals surface area contributed by atoms with Crippen molar-refractivity contribution in [1.29, 1.82) is 0 Å². The highest BCUT2D eigenvalue weighted by Gasteiger charge is 2.14. The van der Waals surface area contributed by atoms with E-state index in [1.54, 1.807) is 0 Å². The van der Waals surface area contributed by atoms with Crippen molar-refractivity contribution < 1.29 is 9.53 Å². The van der Waals surface area contributed by atoms with Gasteiger partial charge in [0.1, 0.15) is 5.56 Å². The van der Waals surface area contributed by atoms with Gasteiger partial charge in [-0.1, -0.05) is 36.4 Å². The molecule has 0 spiro atoms. The molecule has 0 aliphatic carbocycles. The Bertz CT molecular complexity index is 797. The van der Waals surface area contributed by atoms with Crippen LogP contribution >= 0.6 is 0 Å². The number of nitrogen functional groups attached to an aromatic ring is 1. The normalized spacial score (nSPS) is 10.8. The van der Waals surface area contributed by atoms with E-state index in [-0.39, 0.29) is 0 Å². The Morgan fingerprint density at radius 3 is 2.74 bits per heavy atom. The summed E-state index contributed by atoms with van der Waals surface area (Å²) >= 11 is 0. The first-order valence-electron chi connectivity index (χ1n) is 5.86. The monoisotopic (exact) mass is 252 g/mol. The maximum absolute atomic E-state index is 11.6. The molecule has 1 aromatic heterocycles.